The maximum atomic E-state index is 12.6. The highest BCUT2D eigenvalue weighted by Crippen LogP contribution is 2.32. The molecule has 0 atom stereocenters. The number of phenols is 1. The van der Waals surface area contributed by atoms with Gasteiger partial charge >= 0.3 is 5.97 Å². The third kappa shape index (κ3) is 2.82. The number of benzene rings is 1. The lowest BCUT2D eigenvalue weighted by molar-refractivity contribution is -0.137. The third-order valence-corrected chi connectivity index (χ3v) is 2.22. The Kier molecular flexibility index (Phi) is 4.36. The zero-order valence-corrected chi connectivity index (χ0v) is 9.87. The first-order valence-electron chi connectivity index (χ1n) is 5.21. The second-order valence-electron chi connectivity index (χ2n) is 3.60. The molecule has 0 aliphatic carbocycles. The lowest BCUT2D eigenvalue weighted by Crippen LogP contribution is -2.18. The first-order valence-corrected chi connectivity index (χ1v) is 5.21. The van der Waals surface area contributed by atoms with E-state index in [1.54, 1.807) is 0 Å². The predicted molar refractivity (Wildman–Crippen MR) is 58.8 cm³/mol. The van der Waals surface area contributed by atoms with E-state index < -0.39 is 35.1 Å². The van der Waals surface area contributed by atoms with Crippen molar-refractivity contribution in [2.75, 3.05) is 6.61 Å². The van der Waals surface area contributed by atoms with Crippen LogP contribution in [-0.4, -0.2) is 23.5 Å². The Morgan fingerprint density at radius 3 is 2.50 bits per heavy atom. The minimum Gasteiger partial charge on any atom is -0.507 e. The minimum atomic E-state index is -2.93. The zero-order chi connectivity index (χ0) is 13.9. The number of Topliss-reactive ketones (excluding diaryl/α,β-unsaturated/α-hetero) is 1. The summed E-state index contributed by atoms with van der Waals surface area (Å²) in [5.41, 5.74) is -0.804. The first kappa shape index (κ1) is 14.1. The van der Waals surface area contributed by atoms with Gasteiger partial charge in [0.15, 0.2) is 0 Å². The molecule has 0 aromatic heterocycles. The van der Waals surface area contributed by atoms with E-state index in [1.807, 2.05) is 0 Å². The van der Waals surface area contributed by atoms with Crippen molar-refractivity contribution in [1.29, 1.82) is 0 Å². The Hall–Kier alpha value is -1.98. The van der Waals surface area contributed by atoms with Gasteiger partial charge in [-0.3, -0.25) is 4.79 Å². The van der Waals surface area contributed by atoms with Gasteiger partial charge in [0, 0.05) is 0 Å². The van der Waals surface area contributed by atoms with Crippen molar-refractivity contribution in [2.24, 2.45) is 0 Å². The van der Waals surface area contributed by atoms with Gasteiger partial charge in [0.2, 0.25) is 0 Å². The number of halogens is 2. The lowest BCUT2D eigenvalue weighted by atomic mass is 10.0. The summed E-state index contributed by atoms with van der Waals surface area (Å²) in [6.45, 7) is 2.97. The maximum Gasteiger partial charge on any atom is 0.379 e. The molecule has 0 aliphatic rings. The summed E-state index contributed by atoms with van der Waals surface area (Å²) >= 11 is 0. The van der Waals surface area contributed by atoms with Crippen molar-refractivity contribution >= 4 is 11.8 Å². The van der Waals surface area contributed by atoms with Crippen LogP contribution in [0.2, 0.25) is 0 Å². The topological polar surface area (TPSA) is 63.6 Å². The average Bonchev–Trinajstić information content (AvgIpc) is 2.30. The number of hydrogen-bond acceptors (Lipinski definition) is 4. The SMILES string of the molecule is CCOC(=O)C(=O)c1cc(C)cc(C(F)F)c1O. The fourth-order valence-electron chi connectivity index (χ4n) is 1.45. The van der Waals surface area contributed by atoms with Crippen LogP contribution < -0.4 is 0 Å². The van der Waals surface area contributed by atoms with Gasteiger partial charge in [0.25, 0.3) is 12.2 Å². The lowest BCUT2D eigenvalue weighted by Gasteiger charge is -2.09. The number of aryl methyl sites for hydroxylation is 1. The van der Waals surface area contributed by atoms with Gasteiger partial charge in [-0.15, -0.1) is 0 Å². The van der Waals surface area contributed by atoms with E-state index in [1.165, 1.54) is 19.9 Å². The van der Waals surface area contributed by atoms with Gasteiger partial charge in [-0.05, 0) is 31.5 Å². The molecule has 1 N–H and O–H groups in total. The molecule has 98 valence electrons. The molecule has 0 fully saturated rings. The number of aromatic hydroxyl groups is 1. The molecule has 0 unspecified atom stereocenters. The number of ketones is 1. The van der Waals surface area contributed by atoms with Gasteiger partial charge in [-0.1, -0.05) is 0 Å². The fourth-order valence-corrected chi connectivity index (χ4v) is 1.45. The van der Waals surface area contributed by atoms with Crippen LogP contribution in [0.15, 0.2) is 12.1 Å². The summed E-state index contributed by atoms with van der Waals surface area (Å²) in [7, 11) is 0. The van der Waals surface area contributed by atoms with Gasteiger partial charge < -0.3 is 9.84 Å². The monoisotopic (exact) mass is 258 g/mol. The van der Waals surface area contributed by atoms with Crippen LogP contribution in [0.1, 0.15) is 34.8 Å². The number of alkyl halides is 2. The number of carbonyl (C=O) groups excluding carboxylic acids is 2. The summed E-state index contributed by atoms with van der Waals surface area (Å²) in [4.78, 5) is 22.8. The van der Waals surface area contributed by atoms with Crippen molar-refractivity contribution in [1.82, 2.24) is 0 Å². The summed E-state index contributed by atoms with van der Waals surface area (Å²) in [5.74, 6) is -3.20. The van der Waals surface area contributed by atoms with Crippen LogP contribution in [0.4, 0.5) is 8.78 Å². The molecule has 1 aromatic rings. The second-order valence-corrected chi connectivity index (χ2v) is 3.60. The molecule has 1 rings (SSSR count). The number of carbonyl (C=O) groups is 2. The number of rotatable bonds is 4. The summed E-state index contributed by atoms with van der Waals surface area (Å²) in [6, 6.07) is 2.22. The van der Waals surface area contributed by atoms with Crippen molar-refractivity contribution in [3.8, 4) is 5.75 Å². The Bertz CT molecular complexity index is 483. The van der Waals surface area contributed by atoms with Gasteiger partial charge in [-0.2, -0.15) is 0 Å². The molecule has 0 aliphatic heterocycles. The molecule has 0 saturated carbocycles. The van der Waals surface area contributed by atoms with E-state index in [-0.39, 0.29) is 6.61 Å². The second kappa shape index (κ2) is 5.57. The normalized spacial score (nSPS) is 10.5. The zero-order valence-electron chi connectivity index (χ0n) is 9.87. The van der Waals surface area contributed by atoms with Crippen LogP contribution in [0.5, 0.6) is 5.75 Å². The van der Waals surface area contributed by atoms with Crippen LogP contribution in [0, 0.1) is 6.92 Å². The van der Waals surface area contributed by atoms with Gasteiger partial charge in [0.05, 0.1) is 17.7 Å². The average molecular weight is 258 g/mol. The van der Waals surface area contributed by atoms with Crippen LogP contribution >= 0.6 is 0 Å². The fraction of sp³-hybridized carbons (Fsp3) is 0.333. The highest BCUT2D eigenvalue weighted by Gasteiger charge is 2.25. The van der Waals surface area contributed by atoms with Crippen LogP contribution in [0.25, 0.3) is 0 Å². The third-order valence-electron chi connectivity index (χ3n) is 2.22. The molecular formula is C12H12F2O4. The predicted octanol–water partition coefficient (Wildman–Crippen LogP) is 2.38. The summed E-state index contributed by atoms with van der Waals surface area (Å²) in [5, 5.41) is 9.56. The molecule has 18 heavy (non-hydrogen) atoms. The van der Waals surface area contributed by atoms with Crippen LogP contribution in [-0.2, 0) is 9.53 Å². The molecule has 0 heterocycles. The number of ether oxygens (including phenoxy) is 1. The minimum absolute atomic E-state index is 0.0150. The van der Waals surface area contributed by atoms with E-state index in [2.05, 4.69) is 4.74 Å². The largest absolute Gasteiger partial charge is 0.507 e. The maximum absolute atomic E-state index is 12.6. The van der Waals surface area contributed by atoms with Gasteiger partial charge in [-0.25, -0.2) is 13.6 Å². The highest BCUT2D eigenvalue weighted by atomic mass is 19.3. The van der Waals surface area contributed by atoms with Crippen molar-refractivity contribution in [3.63, 3.8) is 0 Å². The molecule has 1 aromatic carbocycles. The van der Waals surface area contributed by atoms with Crippen LogP contribution in [0.3, 0.4) is 0 Å². The molecule has 0 amide bonds. The van der Waals surface area contributed by atoms with E-state index >= 15 is 0 Å². The van der Waals surface area contributed by atoms with E-state index in [0.29, 0.717) is 5.56 Å². The standard InChI is InChI=1S/C12H12F2O4/c1-3-18-12(17)10(16)7-4-6(2)5-8(9(7)15)11(13)14/h4-5,11,15H,3H2,1-2H3. The molecule has 0 radical (unpaired) electrons. The number of esters is 1. The van der Waals surface area contributed by atoms with Gasteiger partial charge in [0.1, 0.15) is 5.75 Å². The first-order chi connectivity index (χ1) is 8.38. The van der Waals surface area contributed by atoms with E-state index in [0.717, 1.165) is 6.07 Å². The van der Waals surface area contributed by atoms with Crippen molar-refractivity contribution in [3.05, 3.63) is 28.8 Å². The number of hydrogen-bond donors (Lipinski definition) is 1. The highest BCUT2D eigenvalue weighted by molar-refractivity contribution is 6.41. The van der Waals surface area contributed by atoms with E-state index in [9.17, 15) is 23.5 Å². The van der Waals surface area contributed by atoms with E-state index in [4.69, 9.17) is 0 Å². The molecule has 0 spiro atoms. The molecule has 0 bridgehead atoms. The number of phenolic OH excluding ortho intramolecular Hbond substituents is 1. The Labute approximate surface area is 102 Å². The van der Waals surface area contributed by atoms with Crippen molar-refractivity contribution < 1.29 is 28.2 Å². The summed E-state index contributed by atoms with van der Waals surface area (Å²) in [6.07, 6.45) is -2.93. The van der Waals surface area contributed by atoms with Crippen molar-refractivity contribution in [2.45, 2.75) is 20.3 Å². The molecule has 6 heteroatoms. The Morgan fingerprint density at radius 1 is 1.39 bits per heavy atom. The molecular weight excluding hydrogens is 246 g/mol. The molecule has 4 nitrogen and oxygen atoms in total. The smallest absolute Gasteiger partial charge is 0.379 e. The Morgan fingerprint density at radius 2 is 2.00 bits per heavy atom. The Balaban J connectivity index is 3.24. The summed E-state index contributed by atoms with van der Waals surface area (Å²) < 4.78 is 29.7. The molecule has 0 saturated heterocycles. The quantitative estimate of drug-likeness (QED) is 0.511.